The van der Waals surface area contributed by atoms with Gasteiger partial charge in [-0.2, -0.15) is 0 Å². The lowest BCUT2D eigenvalue weighted by atomic mass is 10.2. The molecular weight excluding hydrogens is 280 g/mol. The monoisotopic (exact) mass is 290 g/mol. The highest BCUT2D eigenvalue weighted by Crippen LogP contribution is 2.20. The second-order valence-electron chi connectivity index (χ2n) is 3.81. The van der Waals surface area contributed by atoms with E-state index in [9.17, 15) is 9.59 Å². The highest BCUT2D eigenvalue weighted by Gasteiger charge is 2.09. The summed E-state index contributed by atoms with van der Waals surface area (Å²) >= 11 is 5.98. The van der Waals surface area contributed by atoms with Crippen molar-refractivity contribution in [2.24, 2.45) is 5.73 Å². The maximum atomic E-state index is 11.8. The van der Waals surface area contributed by atoms with Crippen LogP contribution in [0, 0.1) is 11.8 Å². The van der Waals surface area contributed by atoms with Gasteiger partial charge < -0.3 is 21.0 Å². The average Bonchev–Trinajstić information content (AvgIpc) is 2.86. The standard InChI is InChI=1S/C13H11ClN4O2/c14-10-4-3-9(6-8(10)2-1-5-15)17-12(19)11-7-16-13(20)18-11/h3-4,6-7H,5,15H2,(H,17,19)(H2,16,18,20). The van der Waals surface area contributed by atoms with E-state index in [1.165, 1.54) is 6.20 Å². The largest absolute Gasteiger partial charge is 0.323 e. The Hall–Kier alpha value is -2.49. The molecule has 1 heterocycles. The van der Waals surface area contributed by atoms with Crippen LogP contribution in [-0.2, 0) is 0 Å². The van der Waals surface area contributed by atoms with Crippen molar-refractivity contribution >= 4 is 23.2 Å². The number of anilines is 1. The van der Waals surface area contributed by atoms with Gasteiger partial charge in [0.05, 0.1) is 11.6 Å². The van der Waals surface area contributed by atoms with Gasteiger partial charge in [0.15, 0.2) is 0 Å². The van der Waals surface area contributed by atoms with Crippen molar-refractivity contribution in [2.45, 2.75) is 0 Å². The Labute approximate surface area is 119 Å². The predicted molar refractivity (Wildman–Crippen MR) is 76.8 cm³/mol. The maximum Gasteiger partial charge on any atom is 0.323 e. The summed E-state index contributed by atoms with van der Waals surface area (Å²) in [6.45, 7) is 0.220. The van der Waals surface area contributed by atoms with Crippen LogP contribution in [-0.4, -0.2) is 22.4 Å². The number of nitrogens with two attached hydrogens (primary N) is 1. The highest BCUT2D eigenvalue weighted by atomic mass is 35.5. The van der Waals surface area contributed by atoms with Gasteiger partial charge in [0.1, 0.15) is 5.69 Å². The number of amides is 1. The van der Waals surface area contributed by atoms with E-state index in [2.05, 4.69) is 27.1 Å². The number of aromatic amines is 2. The summed E-state index contributed by atoms with van der Waals surface area (Å²) in [4.78, 5) is 27.5. The van der Waals surface area contributed by atoms with Crippen LogP contribution in [0.5, 0.6) is 0 Å². The number of rotatable bonds is 2. The number of benzene rings is 1. The molecule has 7 heteroatoms. The molecule has 0 aliphatic rings. The fourth-order valence-electron chi connectivity index (χ4n) is 1.50. The molecule has 0 saturated heterocycles. The summed E-state index contributed by atoms with van der Waals surface area (Å²) in [5.74, 6) is 5.06. The van der Waals surface area contributed by atoms with E-state index in [0.29, 0.717) is 16.3 Å². The number of nitrogens with one attached hydrogen (secondary N) is 3. The fraction of sp³-hybridized carbons (Fsp3) is 0.0769. The van der Waals surface area contributed by atoms with E-state index in [1.807, 2.05) is 0 Å². The lowest BCUT2D eigenvalue weighted by molar-refractivity contribution is 0.102. The van der Waals surface area contributed by atoms with Crippen molar-refractivity contribution < 1.29 is 4.79 Å². The van der Waals surface area contributed by atoms with E-state index in [4.69, 9.17) is 17.3 Å². The molecule has 5 N–H and O–H groups in total. The summed E-state index contributed by atoms with van der Waals surface area (Å²) in [6, 6.07) is 4.89. The van der Waals surface area contributed by atoms with E-state index < -0.39 is 11.6 Å². The first-order valence-electron chi connectivity index (χ1n) is 5.67. The number of H-pyrrole nitrogens is 2. The molecule has 0 atom stereocenters. The molecular formula is C13H11ClN4O2. The minimum atomic E-state index is -0.444. The van der Waals surface area contributed by atoms with Crippen LogP contribution in [0.1, 0.15) is 16.1 Å². The Morgan fingerprint density at radius 3 is 2.90 bits per heavy atom. The third kappa shape index (κ3) is 3.29. The van der Waals surface area contributed by atoms with Gasteiger partial charge in [-0.25, -0.2) is 4.79 Å². The summed E-state index contributed by atoms with van der Waals surface area (Å²) < 4.78 is 0. The van der Waals surface area contributed by atoms with Gasteiger partial charge in [-0.15, -0.1) is 0 Å². The SMILES string of the molecule is NCC#Cc1cc(NC(=O)c2c[nH]c(=O)[nH]2)ccc1Cl. The van der Waals surface area contributed by atoms with Crippen molar-refractivity contribution in [1.82, 2.24) is 9.97 Å². The molecule has 0 aliphatic heterocycles. The molecule has 20 heavy (non-hydrogen) atoms. The Morgan fingerprint density at radius 2 is 2.25 bits per heavy atom. The molecule has 6 nitrogen and oxygen atoms in total. The number of hydrogen-bond donors (Lipinski definition) is 4. The average molecular weight is 291 g/mol. The molecule has 0 unspecified atom stereocenters. The fourth-order valence-corrected chi connectivity index (χ4v) is 1.66. The van der Waals surface area contributed by atoms with Gasteiger partial charge in [0.2, 0.25) is 0 Å². The van der Waals surface area contributed by atoms with Gasteiger partial charge >= 0.3 is 5.69 Å². The number of aromatic nitrogens is 2. The van der Waals surface area contributed by atoms with Crippen LogP contribution in [0.2, 0.25) is 5.02 Å². The van der Waals surface area contributed by atoms with Crippen LogP contribution in [0.3, 0.4) is 0 Å². The Bertz CT molecular complexity index is 751. The van der Waals surface area contributed by atoms with Crippen LogP contribution < -0.4 is 16.7 Å². The van der Waals surface area contributed by atoms with Crippen LogP contribution >= 0.6 is 11.6 Å². The molecule has 1 amide bonds. The lowest BCUT2D eigenvalue weighted by Gasteiger charge is -2.05. The van der Waals surface area contributed by atoms with Gasteiger partial charge in [-0.1, -0.05) is 23.4 Å². The molecule has 0 spiro atoms. The molecule has 0 fully saturated rings. The molecule has 1 aromatic carbocycles. The molecule has 1 aromatic heterocycles. The zero-order chi connectivity index (χ0) is 14.5. The van der Waals surface area contributed by atoms with Crippen LogP contribution in [0.15, 0.2) is 29.2 Å². The lowest BCUT2D eigenvalue weighted by Crippen LogP contribution is -2.14. The first-order chi connectivity index (χ1) is 9.60. The first-order valence-corrected chi connectivity index (χ1v) is 6.05. The Kier molecular flexibility index (Phi) is 4.25. The summed E-state index contributed by atoms with van der Waals surface area (Å²) in [5.41, 5.74) is 6.08. The third-order valence-electron chi connectivity index (χ3n) is 2.39. The second kappa shape index (κ2) is 6.10. The second-order valence-corrected chi connectivity index (χ2v) is 4.22. The van der Waals surface area contributed by atoms with E-state index in [-0.39, 0.29) is 12.2 Å². The van der Waals surface area contributed by atoms with Crippen molar-refractivity contribution in [3.63, 3.8) is 0 Å². The molecule has 0 bridgehead atoms. The first kappa shape index (κ1) is 13.9. The van der Waals surface area contributed by atoms with Gasteiger partial charge in [-0.3, -0.25) is 4.79 Å². The maximum absolute atomic E-state index is 11.8. The normalized spacial score (nSPS) is 9.70. The predicted octanol–water partition coefficient (Wildman–Crippen LogP) is 0.919. The molecule has 2 rings (SSSR count). The van der Waals surface area contributed by atoms with E-state index >= 15 is 0 Å². The molecule has 0 radical (unpaired) electrons. The Morgan fingerprint density at radius 1 is 1.45 bits per heavy atom. The zero-order valence-corrected chi connectivity index (χ0v) is 11.0. The van der Waals surface area contributed by atoms with Crippen molar-refractivity contribution in [2.75, 3.05) is 11.9 Å². The number of carbonyl (C=O) groups excluding carboxylic acids is 1. The summed E-state index contributed by atoms with van der Waals surface area (Å²) in [5, 5.41) is 3.10. The van der Waals surface area contributed by atoms with Crippen molar-refractivity contribution in [1.29, 1.82) is 0 Å². The molecule has 102 valence electrons. The smallest absolute Gasteiger partial charge is 0.321 e. The van der Waals surface area contributed by atoms with E-state index in [1.54, 1.807) is 18.2 Å². The van der Waals surface area contributed by atoms with Gasteiger partial charge in [-0.05, 0) is 18.2 Å². The number of imidazole rings is 1. The molecule has 0 aliphatic carbocycles. The van der Waals surface area contributed by atoms with Gasteiger partial charge in [0.25, 0.3) is 5.91 Å². The molecule has 0 saturated carbocycles. The summed E-state index contributed by atoms with van der Waals surface area (Å²) in [6.07, 6.45) is 1.29. The van der Waals surface area contributed by atoms with E-state index in [0.717, 1.165) is 0 Å². The van der Waals surface area contributed by atoms with Crippen LogP contribution in [0.4, 0.5) is 5.69 Å². The quantitative estimate of drug-likeness (QED) is 0.618. The van der Waals surface area contributed by atoms with Crippen molar-refractivity contribution in [3.05, 3.63) is 51.2 Å². The highest BCUT2D eigenvalue weighted by molar-refractivity contribution is 6.31. The number of halogens is 1. The minimum absolute atomic E-state index is 0.138. The number of hydrogen-bond acceptors (Lipinski definition) is 3. The third-order valence-corrected chi connectivity index (χ3v) is 2.72. The minimum Gasteiger partial charge on any atom is -0.321 e. The van der Waals surface area contributed by atoms with Crippen LogP contribution in [0.25, 0.3) is 0 Å². The van der Waals surface area contributed by atoms with Crippen molar-refractivity contribution in [3.8, 4) is 11.8 Å². The zero-order valence-electron chi connectivity index (χ0n) is 10.3. The topological polar surface area (TPSA) is 104 Å². The summed E-state index contributed by atoms with van der Waals surface area (Å²) in [7, 11) is 0. The number of carbonyl (C=O) groups is 1. The Balaban J connectivity index is 2.21. The van der Waals surface area contributed by atoms with Gasteiger partial charge in [0, 0.05) is 17.4 Å². The molecule has 2 aromatic rings.